The lowest BCUT2D eigenvalue weighted by molar-refractivity contribution is -0.111. The zero-order valence-corrected chi connectivity index (χ0v) is 15.8. The molecule has 0 atom stereocenters. The van der Waals surface area contributed by atoms with Gasteiger partial charge in [-0.05, 0) is 35.9 Å². The van der Waals surface area contributed by atoms with Gasteiger partial charge in [0.05, 0.1) is 32.2 Å². The van der Waals surface area contributed by atoms with E-state index in [-0.39, 0.29) is 17.4 Å². The van der Waals surface area contributed by atoms with Gasteiger partial charge in [-0.3, -0.25) is 4.79 Å². The number of ether oxygens (including phenoxy) is 3. The van der Waals surface area contributed by atoms with Gasteiger partial charge >= 0.3 is 6.61 Å². The summed E-state index contributed by atoms with van der Waals surface area (Å²) in [5.41, 5.74) is 1.56. The predicted octanol–water partition coefficient (Wildman–Crippen LogP) is 3.18. The summed E-state index contributed by atoms with van der Waals surface area (Å²) in [4.78, 5) is 18.5. The number of hydrogen-bond acceptors (Lipinski definition) is 6. The van der Waals surface area contributed by atoms with Crippen molar-refractivity contribution in [1.82, 2.24) is 4.98 Å². The van der Waals surface area contributed by atoms with Crippen LogP contribution in [0.5, 0.6) is 11.5 Å². The minimum Gasteiger partial charge on any atom is -0.493 e. The second kappa shape index (κ2) is 9.83. The number of nitrogens with zero attached hydrogens (tertiary/aromatic N) is 2. The van der Waals surface area contributed by atoms with E-state index < -0.39 is 6.61 Å². The second-order valence-corrected chi connectivity index (χ2v) is 6.11. The third-order valence-electron chi connectivity index (χ3n) is 4.21. The van der Waals surface area contributed by atoms with Crippen LogP contribution in [-0.4, -0.2) is 50.9 Å². The Morgan fingerprint density at radius 3 is 2.69 bits per heavy atom. The van der Waals surface area contributed by atoms with E-state index in [0.29, 0.717) is 24.6 Å². The summed E-state index contributed by atoms with van der Waals surface area (Å²) in [5.74, 6) is 0.125. The molecule has 154 valence electrons. The predicted molar refractivity (Wildman–Crippen MR) is 105 cm³/mol. The summed E-state index contributed by atoms with van der Waals surface area (Å²) in [6.07, 6.45) is 4.56. The molecule has 1 aromatic heterocycles. The number of methoxy groups -OCH3 is 1. The number of carbonyl (C=O) groups is 1. The molecule has 1 aromatic carbocycles. The van der Waals surface area contributed by atoms with Crippen LogP contribution in [0.1, 0.15) is 5.56 Å². The molecule has 1 saturated heterocycles. The molecule has 0 unspecified atom stereocenters. The maximum Gasteiger partial charge on any atom is 0.387 e. The number of carbonyl (C=O) groups excluding carboxylic acids is 1. The van der Waals surface area contributed by atoms with E-state index in [1.807, 2.05) is 6.07 Å². The average Bonchev–Trinajstić information content (AvgIpc) is 2.74. The van der Waals surface area contributed by atoms with Crippen LogP contribution in [0, 0.1) is 0 Å². The fraction of sp³-hybridized carbons (Fsp3) is 0.300. The number of rotatable bonds is 7. The van der Waals surface area contributed by atoms with Crippen molar-refractivity contribution in [2.75, 3.05) is 43.6 Å². The largest absolute Gasteiger partial charge is 0.493 e. The smallest absolute Gasteiger partial charge is 0.387 e. The van der Waals surface area contributed by atoms with Gasteiger partial charge in [-0.15, -0.1) is 0 Å². The summed E-state index contributed by atoms with van der Waals surface area (Å²) in [5, 5.41) is 2.67. The monoisotopic (exact) mass is 405 g/mol. The third kappa shape index (κ3) is 5.89. The molecule has 9 heteroatoms. The normalized spacial score (nSPS) is 14.3. The number of halogens is 2. The first kappa shape index (κ1) is 20.5. The minimum absolute atomic E-state index is 0.0753. The first-order chi connectivity index (χ1) is 14.0. The van der Waals surface area contributed by atoms with Gasteiger partial charge in [0.1, 0.15) is 5.82 Å². The van der Waals surface area contributed by atoms with Crippen LogP contribution >= 0.6 is 0 Å². The Bertz CT molecular complexity index is 853. The van der Waals surface area contributed by atoms with Crippen molar-refractivity contribution in [1.29, 1.82) is 0 Å². The molecule has 7 nitrogen and oxygen atoms in total. The zero-order chi connectivity index (χ0) is 20.6. The van der Waals surface area contributed by atoms with E-state index in [9.17, 15) is 13.6 Å². The number of nitrogens with one attached hydrogen (secondary N) is 1. The van der Waals surface area contributed by atoms with Gasteiger partial charge in [-0.25, -0.2) is 4.98 Å². The highest BCUT2D eigenvalue weighted by molar-refractivity contribution is 6.01. The van der Waals surface area contributed by atoms with E-state index >= 15 is 0 Å². The Hall–Kier alpha value is -3.20. The van der Waals surface area contributed by atoms with E-state index in [2.05, 4.69) is 19.9 Å². The molecule has 0 saturated carbocycles. The lowest BCUT2D eigenvalue weighted by Crippen LogP contribution is -2.36. The number of amides is 1. The van der Waals surface area contributed by atoms with Crippen molar-refractivity contribution in [3.8, 4) is 11.5 Å². The number of benzene rings is 1. The Kier molecular flexibility index (Phi) is 6.96. The highest BCUT2D eigenvalue weighted by Crippen LogP contribution is 2.29. The highest BCUT2D eigenvalue weighted by Gasteiger charge is 2.12. The van der Waals surface area contributed by atoms with Crippen molar-refractivity contribution in [2.45, 2.75) is 6.61 Å². The summed E-state index contributed by atoms with van der Waals surface area (Å²) < 4.78 is 39.5. The topological polar surface area (TPSA) is 72.9 Å². The van der Waals surface area contributed by atoms with Crippen LogP contribution in [0.3, 0.4) is 0 Å². The molecule has 0 spiro atoms. The van der Waals surface area contributed by atoms with Gasteiger partial charge < -0.3 is 24.4 Å². The number of hydrogen-bond donors (Lipinski definition) is 1. The number of anilines is 2. The molecule has 1 aliphatic rings. The van der Waals surface area contributed by atoms with Crippen molar-refractivity contribution in [3.63, 3.8) is 0 Å². The molecule has 0 aliphatic carbocycles. The molecule has 1 N–H and O–H groups in total. The van der Waals surface area contributed by atoms with Crippen LogP contribution in [-0.2, 0) is 9.53 Å². The summed E-state index contributed by atoms with van der Waals surface area (Å²) in [7, 11) is 1.35. The molecule has 29 heavy (non-hydrogen) atoms. The maximum absolute atomic E-state index is 12.4. The number of pyridine rings is 1. The Morgan fingerprint density at radius 1 is 1.24 bits per heavy atom. The van der Waals surface area contributed by atoms with Gasteiger partial charge in [0.2, 0.25) is 5.91 Å². The van der Waals surface area contributed by atoms with E-state index in [0.717, 1.165) is 18.8 Å². The first-order valence-corrected chi connectivity index (χ1v) is 8.96. The van der Waals surface area contributed by atoms with Crippen LogP contribution < -0.4 is 19.7 Å². The molecular formula is C20H21F2N3O4. The lowest BCUT2D eigenvalue weighted by atomic mass is 10.2. The zero-order valence-electron chi connectivity index (χ0n) is 15.8. The molecule has 2 aromatic rings. The average molecular weight is 405 g/mol. The molecule has 1 fully saturated rings. The molecule has 0 bridgehead atoms. The van der Waals surface area contributed by atoms with Crippen LogP contribution in [0.25, 0.3) is 6.08 Å². The standard InChI is InChI=1S/C20H21F2N3O4/c1-27-17-12-14(2-5-16(17)29-20(21)22)3-7-19(26)24-18-6-4-15(13-23-18)25-8-10-28-11-9-25/h2-7,12-13,20H,8-11H2,1H3,(H,23,24,26)/b7-3+. The highest BCUT2D eigenvalue weighted by atomic mass is 19.3. The SMILES string of the molecule is COc1cc(/C=C/C(=O)Nc2ccc(N3CCOCC3)cn2)ccc1OC(F)F. The van der Waals surface area contributed by atoms with Gasteiger partial charge in [0, 0.05) is 19.2 Å². The Labute approximate surface area is 166 Å². The molecule has 2 heterocycles. The van der Waals surface area contributed by atoms with Crippen molar-refractivity contribution < 1.29 is 27.8 Å². The molecule has 1 aliphatic heterocycles. The Morgan fingerprint density at radius 2 is 2.03 bits per heavy atom. The van der Waals surface area contributed by atoms with Gasteiger partial charge in [-0.1, -0.05) is 6.07 Å². The van der Waals surface area contributed by atoms with Gasteiger partial charge in [0.25, 0.3) is 0 Å². The third-order valence-corrected chi connectivity index (χ3v) is 4.21. The van der Waals surface area contributed by atoms with E-state index in [1.54, 1.807) is 18.3 Å². The van der Waals surface area contributed by atoms with Crippen molar-refractivity contribution >= 4 is 23.5 Å². The summed E-state index contributed by atoms with van der Waals surface area (Å²) >= 11 is 0. The maximum atomic E-state index is 12.4. The molecule has 0 radical (unpaired) electrons. The Balaban J connectivity index is 1.59. The van der Waals surface area contributed by atoms with E-state index in [4.69, 9.17) is 9.47 Å². The lowest BCUT2D eigenvalue weighted by Gasteiger charge is -2.28. The fourth-order valence-electron chi connectivity index (χ4n) is 2.79. The number of morpholine rings is 1. The van der Waals surface area contributed by atoms with Crippen LogP contribution in [0.2, 0.25) is 0 Å². The van der Waals surface area contributed by atoms with E-state index in [1.165, 1.54) is 31.4 Å². The minimum atomic E-state index is -2.95. The first-order valence-electron chi connectivity index (χ1n) is 8.96. The fourth-order valence-corrected chi connectivity index (χ4v) is 2.79. The number of aromatic nitrogens is 1. The molecule has 3 rings (SSSR count). The van der Waals surface area contributed by atoms with Crippen LogP contribution in [0.4, 0.5) is 20.3 Å². The van der Waals surface area contributed by atoms with Crippen molar-refractivity contribution in [2.24, 2.45) is 0 Å². The molecule has 1 amide bonds. The van der Waals surface area contributed by atoms with Gasteiger partial charge in [-0.2, -0.15) is 8.78 Å². The summed E-state index contributed by atoms with van der Waals surface area (Å²) in [6.45, 7) is 0.0341. The molecular weight excluding hydrogens is 384 g/mol. The number of alkyl halides is 2. The van der Waals surface area contributed by atoms with Crippen LogP contribution in [0.15, 0.2) is 42.6 Å². The van der Waals surface area contributed by atoms with Crippen molar-refractivity contribution in [3.05, 3.63) is 48.2 Å². The summed E-state index contributed by atoms with van der Waals surface area (Å²) in [6, 6.07) is 8.02. The quantitative estimate of drug-likeness (QED) is 0.714. The second-order valence-electron chi connectivity index (χ2n) is 6.11. The van der Waals surface area contributed by atoms with Gasteiger partial charge in [0.15, 0.2) is 11.5 Å².